The SMILES string of the molecule is Cc1ccc(-c2ccns2)s1. The number of rotatable bonds is 1. The Balaban J connectivity index is 2.45. The molecule has 2 aromatic heterocycles. The van der Waals surface area contributed by atoms with Crippen molar-refractivity contribution in [1.82, 2.24) is 4.37 Å². The lowest BCUT2D eigenvalue weighted by Gasteiger charge is -1.84. The van der Waals surface area contributed by atoms with Gasteiger partial charge in [0.1, 0.15) is 0 Å². The minimum absolute atomic E-state index is 1.27. The Labute approximate surface area is 73.5 Å². The number of thiophene rings is 1. The maximum atomic E-state index is 4.06. The van der Waals surface area contributed by atoms with Crippen molar-refractivity contribution in [3.63, 3.8) is 0 Å². The van der Waals surface area contributed by atoms with Crippen molar-refractivity contribution in [2.45, 2.75) is 6.92 Å². The highest BCUT2D eigenvalue weighted by molar-refractivity contribution is 7.19. The molecule has 0 aliphatic heterocycles. The zero-order valence-corrected chi connectivity index (χ0v) is 7.71. The molecule has 2 aromatic rings. The molecule has 0 aliphatic rings. The molecule has 0 N–H and O–H groups in total. The summed E-state index contributed by atoms with van der Waals surface area (Å²) in [7, 11) is 0. The van der Waals surface area contributed by atoms with Crippen LogP contribution in [0.2, 0.25) is 0 Å². The summed E-state index contributed by atoms with van der Waals surface area (Å²) in [4.78, 5) is 3.95. The van der Waals surface area contributed by atoms with Crippen molar-refractivity contribution in [3.8, 4) is 9.75 Å². The molecule has 56 valence electrons. The van der Waals surface area contributed by atoms with Crippen LogP contribution < -0.4 is 0 Å². The zero-order valence-electron chi connectivity index (χ0n) is 6.07. The van der Waals surface area contributed by atoms with Gasteiger partial charge in [-0.25, -0.2) is 4.37 Å². The second-order valence-corrected chi connectivity index (χ2v) is 4.41. The fraction of sp³-hybridized carbons (Fsp3) is 0.125. The minimum atomic E-state index is 1.27. The van der Waals surface area contributed by atoms with E-state index in [1.165, 1.54) is 14.6 Å². The smallest absolute Gasteiger partial charge is 0.0649 e. The molecule has 0 unspecified atom stereocenters. The second kappa shape index (κ2) is 2.75. The zero-order chi connectivity index (χ0) is 7.68. The van der Waals surface area contributed by atoms with Crippen LogP contribution >= 0.6 is 22.9 Å². The summed E-state index contributed by atoms with van der Waals surface area (Å²) in [6.45, 7) is 2.12. The second-order valence-electron chi connectivity index (χ2n) is 2.29. The van der Waals surface area contributed by atoms with Gasteiger partial charge < -0.3 is 0 Å². The average Bonchev–Trinajstić information content (AvgIpc) is 2.55. The predicted octanol–water partition coefficient (Wildman–Crippen LogP) is 3.18. The summed E-state index contributed by atoms with van der Waals surface area (Å²) in [6, 6.07) is 6.34. The highest BCUT2D eigenvalue weighted by Crippen LogP contribution is 2.29. The molecule has 1 nitrogen and oxygen atoms in total. The molecule has 2 heterocycles. The third-order valence-corrected chi connectivity index (χ3v) is 3.36. The van der Waals surface area contributed by atoms with Crippen LogP contribution in [-0.2, 0) is 0 Å². The summed E-state index contributed by atoms with van der Waals surface area (Å²) in [6.07, 6.45) is 1.84. The van der Waals surface area contributed by atoms with Crippen LogP contribution in [0.25, 0.3) is 9.75 Å². The summed E-state index contributed by atoms with van der Waals surface area (Å²) in [5.41, 5.74) is 0. The Hall–Kier alpha value is -0.670. The number of aryl methyl sites for hydroxylation is 1. The molecule has 0 bridgehead atoms. The van der Waals surface area contributed by atoms with Gasteiger partial charge in [0, 0.05) is 16.0 Å². The molecule has 0 saturated heterocycles. The highest BCUT2D eigenvalue weighted by atomic mass is 32.1. The molecule has 0 saturated carbocycles. The van der Waals surface area contributed by atoms with Crippen LogP contribution in [0.1, 0.15) is 4.88 Å². The van der Waals surface area contributed by atoms with E-state index in [0.717, 1.165) is 0 Å². The van der Waals surface area contributed by atoms with Gasteiger partial charge in [0.25, 0.3) is 0 Å². The normalized spacial score (nSPS) is 10.3. The topological polar surface area (TPSA) is 12.9 Å². The van der Waals surface area contributed by atoms with Crippen molar-refractivity contribution >= 4 is 22.9 Å². The lowest BCUT2D eigenvalue weighted by Crippen LogP contribution is -1.55. The molecule has 0 radical (unpaired) electrons. The first kappa shape index (κ1) is 7.00. The molecule has 3 heteroatoms. The lowest BCUT2D eigenvalue weighted by atomic mass is 10.4. The highest BCUT2D eigenvalue weighted by Gasteiger charge is 2.00. The molecule has 0 aromatic carbocycles. The molecule has 0 aliphatic carbocycles. The molecule has 0 atom stereocenters. The molecule has 11 heavy (non-hydrogen) atoms. The van der Waals surface area contributed by atoms with Crippen molar-refractivity contribution in [1.29, 1.82) is 0 Å². The molecular formula is C8H7NS2. The first-order valence-corrected chi connectivity index (χ1v) is 4.93. The quantitative estimate of drug-likeness (QED) is 0.658. The Kier molecular flexibility index (Phi) is 1.75. The van der Waals surface area contributed by atoms with Gasteiger partial charge in [0.05, 0.1) is 4.88 Å². The minimum Gasteiger partial charge on any atom is -0.201 e. The average molecular weight is 181 g/mol. The maximum absolute atomic E-state index is 4.06. The fourth-order valence-corrected chi connectivity index (χ4v) is 2.45. The Morgan fingerprint density at radius 1 is 1.18 bits per heavy atom. The number of aromatic nitrogens is 1. The van der Waals surface area contributed by atoms with Crippen LogP contribution in [0.15, 0.2) is 24.4 Å². The predicted molar refractivity (Wildman–Crippen MR) is 50.2 cm³/mol. The lowest BCUT2D eigenvalue weighted by molar-refractivity contribution is 1.58. The van der Waals surface area contributed by atoms with Gasteiger partial charge in [-0.2, -0.15) is 0 Å². The van der Waals surface area contributed by atoms with E-state index in [9.17, 15) is 0 Å². The van der Waals surface area contributed by atoms with E-state index in [-0.39, 0.29) is 0 Å². The van der Waals surface area contributed by atoms with Gasteiger partial charge in [-0.05, 0) is 36.7 Å². The Bertz CT molecular complexity index is 335. The molecule has 2 rings (SSSR count). The van der Waals surface area contributed by atoms with E-state index >= 15 is 0 Å². The van der Waals surface area contributed by atoms with E-state index < -0.39 is 0 Å². The van der Waals surface area contributed by atoms with Crippen LogP contribution in [0.5, 0.6) is 0 Å². The number of hydrogen-bond donors (Lipinski definition) is 0. The molecule has 0 spiro atoms. The van der Waals surface area contributed by atoms with Crippen LogP contribution in [0, 0.1) is 6.92 Å². The van der Waals surface area contributed by atoms with Crippen LogP contribution in [-0.4, -0.2) is 4.37 Å². The van der Waals surface area contributed by atoms with E-state index in [1.54, 1.807) is 11.5 Å². The van der Waals surface area contributed by atoms with Gasteiger partial charge in [-0.1, -0.05) is 0 Å². The molecule has 0 fully saturated rings. The standard InChI is InChI=1S/C8H7NS2/c1-6-2-3-7(10-6)8-4-5-9-11-8/h2-5H,1H3. The first-order chi connectivity index (χ1) is 5.36. The monoisotopic (exact) mass is 181 g/mol. The first-order valence-electron chi connectivity index (χ1n) is 3.34. The molecular weight excluding hydrogens is 174 g/mol. The summed E-state index contributed by atoms with van der Waals surface area (Å²) < 4.78 is 4.06. The van der Waals surface area contributed by atoms with Crippen molar-refractivity contribution in [2.75, 3.05) is 0 Å². The van der Waals surface area contributed by atoms with Crippen molar-refractivity contribution < 1.29 is 0 Å². The van der Waals surface area contributed by atoms with Crippen LogP contribution in [0.3, 0.4) is 0 Å². The van der Waals surface area contributed by atoms with Crippen molar-refractivity contribution in [2.24, 2.45) is 0 Å². The third kappa shape index (κ3) is 1.34. The fourth-order valence-electron chi connectivity index (χ4n) is 0.910. The van der Waals surface area contributed by atoms with E-state index in [0.29, 0.717) is 0 Å². The van der Waals surface area contributed by atoms with E-state index in [4.69, 9.17) is 0 Å². The van der Waals surface area contributed by atoms with E-state index in [1.807, 2.05) is 17.5 Å². The summed E-state index contributed by atoms with van der Waals surface area (Å²) >= 11 is 3.37. The van der Waals surface area contributed by atoms with Gasteiger partial charge in [0.2, 0.25) is 0 Å². The third-order valence-electron chi connectivity index (χ3n) is 1.42. The number of hydrogen-bond acceptors (Lipinski definition) is 3. The summed E-state index contributed by atoms with van der Waals surface area (Å²) in [5.74, 6) is 0. The Morgan fingerprint density at radius 3 is 2.64 bits per heavy atom. The molecule has 0 amide bonds. The largest absolute Gasteiger partial charge is 0.201 e. The van der Waals surface area contributed by atoms with Gasteiger partial charge in [0.15, 0.2) is 0 Å². The maximum Gasteiger partial charge on any atom is 0.0649 e. The Morgan fingerprint density at radius 2 is 2.09 bits per heavy atom. The van der Waals surface area contributed by atoms with Crippen molar-refractivity contribution in [3.05, 3.63) is 29.3 Å². The van der Waals surface area contributed by atoms with E-state index in [2.05, 4.69) is 29.5 Å². The number of nitrogens with zero attached hydrogens (tertiary/aromatic N) is 1. The van der Waals surface area contributed by atoms with Gasteiger partial charge >= 0.3 is 0 Å². The van der Waals surface area contributed by atoms with Crippen LogP contribution in [0.4, 0.5) is 0 Å². The van der Waals surface area contributed by atoms with Gasteiger partial charge in [-0.15, -0.1) is 11.3 Å². The van der Waals surface area contributed by atoms with Gasteiger partial charge in [-0.3, -0.25) is 0 Å². The summed E-state index contributed by atoms with van der Waals surface area (Å²) in [5, 5.41) is 0.